The van der Waals surface area contributed by atoms with E-state index in [1.165, 1.54) is 5.56 Å². The van der Waals surface area contributed by atoms with Gasteiger partial charge in [-0.1, -0.05) is 0 Å². The summed E-state index contributed by atoms with van der Waals surface area (Å²) in [6, 6.07) is 7.51. The number of thiophene rings is 1. The molecule has 1 N–H and O–H groups in total. The van der Waals surface area contributed by atoms with Gasteiger partial charge in [0.2, 0.25) is 0 Å². The Labute approximate surface area is 134 Å². The first-order valence-corrected chi connectivity index (χ1v) is 8.38. The van der Waals surface area contributed by atoms with Crippen LogP contribution in [0.3, 0.4) is 0 Å². The van der Waals surface area contributed by atoms with E-state index in [0.717, 1.165) is 12.8 Å². The van der Waals surface area contributed by atoms with Gasteiger partial charge in [0.15, 0.2) is 11.5 Å². The summed E-state index contributed by atoms with van der Waals surface area (Å²) in [6.07, 6.45) is 1.69. The van der Waals surface area contributed by atoms with Crippen molar-refractivity contribution >= 4 is 17.2 Å². The summed E-state index contributed by atoms with van der Waals surface area (Å²) in [5.74, 6) is 1.27. The predicted molar refractivity (Wildman–Crippen MR) is 87.0 cm³/mol. The zero-order valence-corrected chi connectivity index (χ0v) is 13.3. The third-order valence-corrected chi connectivity index (χ3v) is 4.24. The van der Waals surface area contributed by atoms with Crippen LogP contribution in [0.2, 0.25) is 0 Å². The van der Waals surface area contributed by atoms with Crippen molar-refractivity contribution in [1.29, 1.82) is 0 Å². The summed E-state index contributed by atoms with van der Waals surface area (Å²) in [5, 5.41) is 7.18. The number of benzene rings is 1. The maximum Gasteiger partial charge on any atom is 0.251 e. The fourth-order valence-electron chi connectivity index (χ4n) is 2.43. The lowest BCUT2D eigenvalue weighted by molar-refractivity contribution is 0.0939. The third-order valence-electron chi connectivity index (χ3n) is 3.51. The summed E-state index contributed by atoms with van der Waals surface area (Å²) in [7, 11) is 0. The van der Waals surface area contributed by atoms with Gasteiger partial charge in [-0.15, -0.1) is 0 Å². The molecule has 1 atom stereocenters. The molecule has 0 radical (unpaired) electrons. The van der Waals surface area contributed by atoms with Gasteiger partial charge in [-0.25, -0.2) is 0 Å². The highest BCUT2D eigenvalue weighted by atomic mass is 32.1. The van der Waals surface area contributed by atoms with E-state index in [0.29, 0.717) is 30.3 Å². The Hall–Kier alpha value is -2.01. The lowest BCUT2D eigenvalue weighted by atomic mass is 10.1. The van der Waals surface area contributed by atoms with E-state index in [1.54, 1.807) is 29.5 Å². The maximum absolute atomic E-state index is 12.4. The summed E-state index contributed by atoms with van der Waals surface area (Å²) in [6.45, 7) is 3.28. The standard InChI is InChI=1S/C17H19NO3S/c1-12(9-13-5-8-22-11-13)18-17(19)14-3-4-15-16(10-14)21-7-2-6-20-15/h3-5,8,10-12H,2,6-7,9H2,1H3,(H,18,19)/t12-/m0/s1. The summed E-state index contributed by atoms with van der Waals surface area (Å²) < 4.78 is 11.2. The normalized spacial score (nSPS) is 15.0. The molecule has 0 unspecified atom stereocenters. The molecule has 0 aliphatic carbocycles. The molecule has 3 rings (SSSR count). The zero-order valence-electron chi connectivity index (χ0n) is 12.5. The number of amides is 1. The fourth-order valence-corrected chi connectivity index (χ4v) is 3.11. The average molecular weight is 317 g/mol. The lowest BCUT2D eigenvalue weighted by Gasteiger charge is -2.14. The van der Waals surface area contributed by atoms with Gasteiger partial charge in [0.1, 0.15) is 0 Å². The minimum absolute atomic E-state index is 0.0816. The number of ether oxygens (including phenoxy) is 2. The first-order chi connectivity index (χ1) is 10.7. The van der Waals surface area contributed by atoms with Crippen molar-refractivity contribution in [3.05, 3.63) is 46.2 Å². The van der Waals surface area contributed by atoms with Crippen LogP contribution >= 0.6 is 11.3 Å². The second-order valence-electron chi connectivity index (χ2n) is 5.42. The predicted octanol–water partition coefficient (Wildman–Crippen LogP) is 3.27. The van der Waals surface area contributed by atoms with Crippen molar-refractivity contribution < 1.29 is 14.3 Å². The highest BCUT2D eigenvalue weighted by Gasteiger charge is 2.15. The molecule has 1 aromatic heterocycles. The number of fused-ring (bicyclic) bond motifs is 1. The van der Waals surface area contributed by atoms with Gasteiger partial charge in [-0.05, 0) is 53.9 Å². The van der Waals surface area contributed by atoms with E-state index in [9.17, 15) is 4.79 Å². The molecule has 2 heterocycles. The van der Waals surface area contributed by atoms with Crippen LogP contribution in [0.25, 0.3) is 0 Å². The quantitative estimate of drug-likeness (QED) is 0.941. The molecule has 116 valence electrons. The van der Waals surface area contributed by atoms with E-state index in [4.69, 9.17) is 9.47 Å². The van der Waals surface area contributed by atoms with Crippen LogP contribution in [-0.4, -0.2) is 25.2 Å². The van der Waals surface area contributed by atoms with Crippen molar-refractivity contribution in [2.45, 2.75) is 25.8 Å². The molecule has 0 fully saturated rings. The monoisotopic (exact) mass is 317 g/mol. The number of carbonyl (C=O) groups is 1. The zero-order chi connectivity index (χ0) is 15.4. The highest BCUT2D eigenvalue weighted by Crippen LogP contribution is 2.30. The number of nitrogens with one attached hydrogen (secondary N) is 1. The second kappa shape index (κ2) is 6.83. The van der Waals surface area contributed by atoms with Crippen LogP contribution in [0.5, 0.6) is 11.5 Å². The Morgan fingerprint density at radius 1 is 1.27 bits per heavy atom. The fraction of sp³-hybridized carbons (Fsp3) is 0.353. The van der Waals surface area contributed by atoms with Crippen LogP contribution in [-0.2, 0) is 6.42 Å². The second-order valence-corrected chi connectivity index (χ2v) is 6.20. The Morgan fingerprint density at radius 3 is 2.86 bits per heavy atom. The van der Waals surface area contributed by atoms with Gasteiger partial charge < -0.3 is 14.8 Å². The van der Waals surface area contributed by atoms with Crippen molar-refractivity contribution in [2.24, 2.45) is 0 Å². The van der Waals surface area contributed by atoms with Crippen molar-refractivity contribution in [2.75, 3.05) is 13.2 Å². The molecular formula is C17H19NO3S. The third kappa shape index (κ3) is 3.60. The van der Waals surface area contributed by atoms with Crippen molar-refractivity contribution in [3.8, 4) is 11.5 Å². The molecule has 2 aromatic rings. The van der Waals surface area contributed by atoms with Gasteiger partial charge in [-0.3, -0.25) is 4.79 Å². The lowest BCUT2D eigenvalue weighted by Crippen LogP contribution is -2.33. The maximum atomic E-state index is 12.4. The van der Waals surface area contributed by atoms with Gasteiger partial charge in [0, 0.05) is 18.0 Å². The minimum Gasteiger partial charge on any atom is -0.490 e. The molecule has 1 amide bonds. The number of carbonyl (C=O) groups excluding carboxylic acids is 1. The van der Waals surface area contributed by atoms with Gasteiger partial charge >= 0.3 is 0 Å². The Morgan fingerprint density at radius 2 is 2.09 bits per heavy atom. The summed E-state index contributed by atoms with van der Waals surface area (Å²) >= 11 is 1.67. The topological polar surface area (TPSA) is 47.6 Å². The Kier molecular flexibility index (Phi) is 4.63. The number of hydrogen-bond donors (Lipinski definition) is 1. The molecule has 1 aromatic carbocycles. The minimum atomic E-state index is -0.0848. The molecular weight excluding hydrogens is 298 g/mol. The number of hydrogen-bond acceptors (Lipinski definition) is 4. The SMILES string of the molecule is C[C@@H](Cc1ccsc1)NC(=O)c1ccc2c(c1)OCCCO2. The van der Waals surface area contributed by atoms with E-state index >= 15 is 0 Å². The smallest absolute Gasteiger partial charge is 0.251 e. The van der Waals surface area contributed by atoms with Crippen LogP contribution < -0.4 is 14.8 Å². The van der Waals surface area contributed by atoms with E-state index in [2.05, 4.69) is 16.8 Å². The Balaban J connectivity index is 1.65. The van der Waals surface area contributed by atoms with Crippen molar-refractivity contribution in [1.82, 2.24) is 5.32 Å². The summed E-state index contributed by atoms with van der Waals surface area (Å²) in [5.41, 5.74) is 1.85. The van der Waals surface area contributed by atoms with Gasteiger partial charge in [-0.2, -0.15) is 11.3 Å². The Bertz CT molecular complexity index is 639. The molecule has 4 nitrogen and oxygen atoms in total. The molecule has 1 aliphatic heterocycles. The highest BCUT2D eigenvalue weighted by molar-refractivity contribution is 7.07. The number of rotatable bonds is 4. The largest absolute Gasteiger partial charge is 0.490 e. The van der Waals surface area contributed by atoms with E-state index in [-0.39, 0.29) is 11.9 Å². The van der Waals surface area contributed by atoms with Crippen molar-refractivity contribution in [3.63, 3.8) is 0 Å². The van der Waals surface area contributed by atoms with Crippen LogP contribution in [0.4, 0.5) is 0 Å². The first-order valence-electron chi connectivity index (χ1n) is 7.44. The van der Waals surface area contributed by atoms with Crippen LogP contribution in [0, 0.1) is 0 Å². The molecule has 22 heavy (non-hydrogen) atoms. The average Bonchev–Trinajstić information content (AvgIpc) is 2.89. The first kappa shape index (κ1) is 14.9. The van der Waals surface area contributed by atoms with Gasteiger partial charge in [0.05, 0.1) is 13.2 Å². The van der Waals surface area contributed by atoms with E-state index < -0.39 is 0 Å². The van der Waals surface area contributed by atoms with E-state index in [1.807, 2.05) is 12.3 Å². The summed E-state index contributed by atoms with van der Waals surface area (Å²) in [4.78, 5) is 12.4. The molecule has 5 heteroatoms. The van der Waals surface area contributed by atoms with Gasteiger partial charge in [0.25, 0.3) is 5.91 Å². The van der Waals surface area contributed by atoms with Crippen LogP contribution in [0.15, 0.2) is 35.0 Å². The molecule has 0 bridgehead atoms. The van der Waals surface area contributed by atoms with Crippen LogP contribution in [0.1, 0.15) is 29.3 Å². The molecule has 0 spiro atoms. The molecule has 1 aliphatic rings. The molecule has 0 saturated heterocycles. The molecule has 0 saturated carbocycles.